The van der Waals surface area contributed by atoms with Crippen molar-refractivity contribution in [2.45, 2.75) is 40.8 Å². The van der Waals surface area contributed by atoms with Crippen LogP contribution in [0, 0.1) is 45.9 Å². The van der Waals surface area contributed by atoms with Gasteiger partial charge in [-0.1, -0.05) is 152 Å². The second-order valence-corrected chi connectivity index (χ2v) is 19.4. The van der Waals surface area contributed by atoms with Gasteiger partial charge < -0.3 is 9.13 Å². The number of hydrogen-bond acceptors (Lipinski definition) is 1. The van der Waals surface area contributed by atoms with Gasteiger partial charge >= 0.3 is 6.18 Å². The lowest BCUT2D eigenvalue weighted by atomic mass is 9.96. The van der Waals surface area contributed by atoms with E-state index < -0.39 is 11.7 Å². The van der Waals surface area contributed by atoms with Crippen LogP contribution in [0.4, 0.5) is 13.2 Å². The summed E-state index contributed by atoms with van der Waals surface area (Å²) in [4.78, 5) is 0. The van der Waals surface area contributed by atoms with Crippen molar-refractivity contribution >= 4 is 43.6 Å². The lowest BCUT2D eigenvalue weighted by Crippen LogP contribution is -2.07. The van der Waals surface area contributed by atoms with Gasteiger partial charge in [-0.25, -0.2) is 0 Å². The third-order valence-electron chi connectivity index (χ3n) is 14.8. The minimum Gasteiger partial charge on any atom is -0.308 e. The number of rotatable bonds is 7. The van der Waals surface area contributed by atoms with Gasteiger partial charge in [0.1, 0.15) is 11.6 Å². The maximum atomic E-state index is 14.9. The van der Waals surface area contributed by atoms with E-state index in [0.717, 1.165) is 110 Å². The number of fused-ring (bicyclic) bond motifs is 6. The highest BCUT2D eigenvalue weighted by atomic mass is 19.4. The Bertz CT molecular complexity index is 3830. The lowest BCUT2D eigenvalue weighted by molar-refractivity contribution is -0.137. The number of aryl methyl sites for hydroxylation is 5. The average Bonchev–Trinajstić information content (AvgIpc) is 3.89. The normalized spacial score (nSPS) is 11.8. The molecule has 0 aliphatic heterocycles. The maximum Gasteiger partial charge on any atom is 0.416 e. The molecule has 0 saturated heterocycles. The zero-order valence-corrected chi connectivity index (χ0v) is 41.0. The van der Waals surface area contributed by atoms with Crippen LogP contribution in [-0.4, -0.2) is 9.13 Å². The van der Waals surface area contributed by atoms with E-state index in [4.69, 9.17) is 0 Å². The Morgan fingerprint density at radius 1 is 0.356 bits per heavy atom. The SMILES string of the molecule is Cc1cc(-c2cc(-n3c4cc(-c5ccccc5C)ccc4c4ccc(-c5ccccc5C)cc43)c(C#N)c(-n3c4cc(-c5ccccc5C)ccc4c4ccc(-c5ccccc5C)cc43)c2)cc(C(F)(F)F)c1. The molecule has 0 radical (unpaired) electrons. The molecule has 0 aliphatic carbocycles. The fourth-order valence-corrected chi connectivity index (χ4v) is 11.2. The minimum absolute atomic E-state index is 0.371. The highest BCUT2D eigenvalue weighted by Crippen LogP contribution is 2.45. The van der Waals surface area contributed by atoms with Gasteiger partial charge in [0.15, 0.2) is 0 Å². The maximum absolute atomic E-state index is 14.9. The van der Waals surface area contributed by atoms with Crippen LogP contribution in [-0.2, 0) is 6.18 Å². The van der Waals surface area contributed by atoms with Crippen molar-refractivity contribution in [3.05, 3.63) is 239 Å². The summed E-state index contributed by atoms with van der Waals surface area (Å²) in [5.41, 5.74) is 18.4. The molecule has 10 aromatic carbocycles. The molecule has 73 heavy (non-hydrogen) atoms. The zero-order valence-electron chi connectivity index (χ0n) is 41.0. The number of nitriles is 1. The highest BCUT2D eigenvalue weighted by molar-refractivity contribution is 6.13. The van der Waals surface area contributed by atoms with Crippen molar-refractivity contribution in [3.8, 4) is 73.1 Å². The zero-order chi connectivity index (χ0) is 50.3. The van der Waals surface area contributed by atoms with E-state index in [1.165, 1.54) is 12.1 Å². The number of nitrogens with zero attached hydrogens (tertiary/aromatic N) is 3. The van der Waals surface area contributed by atoms with Gasteiger partial charge in [0, 0.05) is 21.5 Å². The molecule has 0 amide bonds. The summed E-state index contributed by atoms with van der Waals surface area (Å²) >= 11 is 0. The molecular weight excluding hydrogens is 904 g/mol. The third kappa shape index (κ3) is 7.68. The van der Waals surface area contributed by atoms with E-state index in [-0.39, 0.29) is 0 Å². The van der Waals surface area contributed by atoms with Crippen molar-refractivity contribution < 1.29 is 13.2 Å². The summed E-state index contributed by atoms with van der Waals surface area (Å²) in [6.07, 6.45) is -4.59. The van der Waals surface area contributed by atoms with Gasteiger partial charge in [0.05, 0.1) is 39.0 Å². The fraction of sp³-hybridized carbons (Fsp3) is 0.0896. The molecule has 2 heterocycles. The summed E-state index contributed by atoms with van der Waals surface area (Å²) in [5, 5.41) is 15.9. The quantitative estimate of drug-likeness (QED) is 0.157. The molecule has 0 spiro atoms. The number of hydrogen-bond donors (Lipinski definition) is 0. The van der Waals surface area contributed by atoms with Crippen LogP contribution in [0.5, 0.6) is 0 Å². The summed E-state index contributed by atoms with van der Waals surface area (Å²) in [7, 11) is 0. The second-order valence-electron chi connectivity index (χ2n) is 19.4. The molecule has 0 saturated carbocycles. The second kappa shape index (κ2) is 17.4. The Kier molecular flexibility index (Phi) is 10.8. The summed E-state index contributed by atoms with van der Waals surface area (Å²) in [5.74, 6) is 0. The predicted octanol–water partition coefficient (Wildman–Crippen LogP) is 18.6. The first-order valence-corrected chi connectivity index (χ1v) is 24.5. The van der Waals surface area contributed by atoms with Gasteiger partial charge in [-0.2, -0.15) is 18.4 Å². The van der Waals surface area contributed by atoms with Crippen LogP contribution in [0.2, 0.25) is 0 Å². The first kappa shape index (κ1) is 45.2. The van der Waals surface area contributed by atoms with E-state index in [9.17, 15) is 18.4 Å². The topological polar surface area (TPSA) is 33.6 Å². The molecule has 0 atom stereocenters. The summed E-state index contributed by atoms with van der Waals surface area (Å²) < 4.78 is 48.9. The highest BCUT2D eigenvalue weighted by Gasteiger charge is 2.32. The van der Waals surface area contributed by atoms with E-state index in [1.54, 1.807) is 13.0 Å². The van der Waals surface area contributed by atoms with E-state index in [2.05, 4.69) is 164 Å². The van der Waals surface area contributed by atoms with Gasteiger partial charge in [0.2, 0.25) is 0 Å². The van der Waals surface area contributed by atoms with E-state index >= 15 is 0 Å². The van der Waals surface area contributed by atoms with Crippen LogP contribution in [0.1, 0.15) is 38.9 Å². The summed E-state index contributed by atoms with van der Waals surface area (Å²) in [6, 6.07) is 70.0. The molecule has 0 N–H and O–H groups in total. The van der Waals surface area contributed by atoms with Crippen molar-refractivity contribution in [2.75, 3.05) is 0 Å². The van der Waals surface area contributed by atoms with E-state index in [0.29, 0.717) is 33.6 Å². The Morgan fingerprint density at radius 3 is 0.973 bits per heavy atom. The van der Waals surface area contributed by atoms with Crippen molar-refractivity contribution in [3.63, 3.8) is 0 Å². The first-order chi connectivity index (χ1) is 35.3. The molecule has 3 nitrogen and oxygen atoms in total. The molecule has 0 unspecified atom stereocenters. The molecule has 0 aliphatic rings. The fourth-order valence-electron chi connectivity index (χ4n) is 11.2. The predicted molar refractivity (Wildman–Crippen MR) is 296 cm³/mol. The van der Waals surface area contributed by atoms with Crippen molar-refractivity contribution in [1.82, 2.24) is 9.13 Å². The first-order valence-electron chi connectivity index (χ1n) is 24.5. The largest absolute Gasteiger partial charge is 0.416 e. The van der Waals surface area contributed by atoms with Crippen LogP contribution >= 0.6 is 0 Å². The molecular formula is C67H48F3N3. The van der Waals surface area contributed by atoms with Gasteiger partial charge in [-0.3, -0.25) is 0 Å². The molecule has 12 rings (SSSR count). The molecule has 0 bridgehead atoms. The Labute approximate surface area is 422 Å². The standard InChI is InChI=1S/C67H48F3N3/c1-40-30-49(32-51(31-40)67(68,69)70)50-37-65(72-61-33-45(52-18-10-6-14-41(52)2)22-26-56(61)57-27-23-46(34-62(57)72)53-19-11-7-15-42(53)3)60(39-71)66(38-50)73-63-35-47(54-20-12-8-16-43(54)4)24-28-58(63)59-29-25-48(36-64(59)73)55-21-13-9-17-44(55)5/h6-38H,1-5H3. The van der Waals surface area contributed by atoms with E-state index in [1.807, 2.05) is 60.7 Å². The Morgan fingerprint density at radius 2 is 0.671 bits per heavy atom. The van der Waals surface area contributed by atoms with Crippen molar-refractivity contribution in [2.24, 2.45) is 0 Å². The lowest BCUT2D eigenvalue weighted by Gasteiger charge is -2.20. The number of alkyl halides is 3. The number of aromatic nitrogens is 2. The van der Waals surface area contributed by atoms with Crippen LogP contribution in [0.3, 0.4) is 0 Å². The monoisotopic (exact) mass is 951 g/mol. The van der Waals surface area contributed by atoms with Gasteiger partial charge in [-0.15, -0.1) is 0 Å². The summed E-state index contributed by atoms with van der Waals surface area (Å²) in [6.45, 7) is 10.1. The van der Waals surface area contributed by atoms with Gasteiger partial charge in [0.25, 0.3) is 0 Å². The van der Waals surface area contributed by atoms with Gasteiger partial charge in [-0.05, 0) is 167 Å². The Balaban J connectivity index is 1.26. The average molecular weight is 952 g/mol. The Hall–Kier alpha value is -8.92. The van der Waals surface area contributed by atoms with Crippen LogP contribution < -0.4 is 0 Å². The number of halogens is 3. The van der Waals surface area contributed by atoms with Crippen molar-refractivity contribution in [1.29, 1.82) is 5.26 Å². The minimum atomic E-state index is -4.59. The van der Waals surface area contributed by atoms with Crippen LogP contribution in [0.15, 0.2) is 200 Å². The number of benzene rings is 10. The smallest absolute Gasteiger partial charge is 0.308 e. The molecule has 352 valence electrons. The molecule has 12 aromatic rings. The van der Waals surface area contributed by atoms with Crippen LogP contribution in [0.25, 0.3) is 111 Å². The molecule has 2 aromatic heterocycles. The molecule has 0 fully saturated rings. The molecule has 6 heteroatoms. The third-order valence-corrected chi connectivity index (χ3v) is 14.8.